The van der Waals surface area contributed by atoms with Gasteiger partial charge in [-0.3, -0.25) is 4.98 Å². The molecule has 0 radical (unpaired) electrons. The van der Waals surface area contributed by atoms with Crippen LogP contribution in [-0.2, 0) is 0 Å². The first kappa shape index (κ1) is 7.35. The van der Waals surface area contributed by atoms with Gasteiger partial charge in [-0.1, -0.05) is 11.6 Å². The highest BCUT2D eigenvalue weighted by Crippen LogP contribution is 2.22. The number of aryl methyl sites for hydroxylation is 1. The third kappa shape index (κ3) is 1.21. The molecule has 0 spiro atoms. The van der Waals surface area contributed by atoms with Crippen molar-refractivity contribution in [3.05, 3.63) is 23.0 Å². The molecule has 0 aliphatic rings. The number of halogens is 1. The van der Waals surface area contributed by atoms with E-state index in [1.54, 1.807) is 6.20 Å². The molecule has 0 aromatic carbocycles. The van der Waals surface area contributed by atoms with Gasteiger partial charge < -0.3 is 5.32 Å². The predicted molar refractivity (Wildman–Crippen MR) is 43.5 cm³/mol. The Morgan fingerprint density at radius 3 is 2.80 bits per heavy atom. The van der Waals surface area contributed by atoms with Gasteiger partial charge in [-0.25, -0.2) is 0 Å². The summed E-state index contributed by atoms with van der Waals surface area (Å²) in [6.45, 7) is 1.88. The fraction of sp³-hybridized carbons (Fsp3) is 0.286. The van der Waals surface area contributed by atoms with Crippen LogP contribution in [0.5, 0.6) is 0 Å². The first-order valence-electron chi connectivity index (χ1n) is 3.04. The maximum absolute atomic E-state index is 5.87. The topological polar surface area (TPSA) is 24.9 Å². The predicted octanol–water partition coefficient (Wildman–Crippen LogP) is 2.09. The molecule has 0 aliphatic carbocycles. The van der Waals surface area contributed by atoms with E-state index in [1.165, 1.54) is 0 Å². The van der Waals surface area contributed by atoms with Gasteiger partial charge >= 0.3 is 0 Å². The average molecular weight is 157 g/mol. The standard InChI is InChI=1S/C7H9ClN2/c1-5-7(8)6(9-2)3-4-10-5/h3-4H,1-2H3,(H,9,10). The molecule has 1 N–H and O–H groups in total. The minimum atomic E-state index is 0.699. The number of aromatic nitrogens is 1. The summed E-state index contributed by atoms with van der Waals surface area (Å²) in [6.07, 6.45) is 1.73. The van der Waals surface area contributed by atoms with Crippen LogP contribution in [-0.4, -0.2) is 12.0 Å². The maximum Gasteiger partial charge on any atom is 0.0849 e. The van der Waals surface area contributed by atoms with Crippen molar-refractivity contribution in [2.24, 2.45) is 0 Å². The molecule has 0 saturated carbocycles. The van der Waals surface area contributed by atoms with Gasteiger partial charge in [0.15, 0.2) is 0 Å². The zero-order chi connectivity index (χ0) is 7.56. The molecule has 0 bridgehead atoms. The molecule has 0 saturated heterocycles. The summed E-state index contributed by atoms with van der Waals surface area (Å²) in [6, 6.07) is 1.84. The van der Waals surface area contributed by atoms with Gasteiger partial charge in [0.05, 0.1) is 16.4 Å². The molecule has 10 heavy (non-hydrogen) atoms. The number of anilines is 1. The van der Waals surface area contributed by atoms with Crippen molar-refractivity contribution in [1.82, 2.24) is 4.98 Å². The van der Waals surface area contributed by atoms with E-state index >= 15 is 0 Å². The number of pyridine rings is 1. The Morgan fingerprint density at radius 2 is 2.30 bits per heavy atom. The van der Waals surface area contributed by atoms with Crippen LogP contribution >= 0.6 is 11.6 Å². The van der Waals surface area contributed by atoms with Gasteiger partial charge in [-0.05, 0) is 13.0 Å². The molecule has 0 aliphatic heterocycles. The Bertz CT molecular complexity index is 235. The number of hydrogen-bond acceptors (Lipinski definition) is 2. The highest BCUT2D eigenvalue weighted by Gasteiger charge is 1.99. The molecule has 0 atom stereocenters. The Morgan fingerprint density at radius 1 is 1.60 bits per heavy atom. The van der Waals surface area contributed by atoms with Crippen molar-refractivity contribution in [2.75, 3.05) is 12.4 Å². The van der Waals surface area contributed by atoms with Gasteiger partial charge in [-0.2, -0.15) is 0 Å². The average Bonchev–Trinajstić information content (AvgIpc) is 1.95. The molecule has 0 unspecified atom stereocenters. The number of nitrogens with zero attached hydrogens (tertiary/aromatic N) is 1. The zero-order valence-electron chi connectivity index (χ0n) is 5.98. The summed E-state index contributed by atoms with van der Waals surface area (Å²) in [7, 11) is 1.83. The second kappa shape index (κ2) is 2.88. The number of hydrogen-bond donors (Lipinski definition) is 1. The smallest absolute Gasteiger partial charge is 0.0849 e. The second-order valence-electron chi connectivity index (χ2n) is 2.01. The van der Waals surface area contributed by atoms with E-state index < -0.39 is 0 Å². The van der Waals surface area contributed by atoms with Crippen LogP contribution in [0.1, 0.15) is 5.69 Å². The van der Waals surface area contributed by atoms with Crippen LogP contribution in [0.3, 0.4) is 0 Å². The van der Waals surface area contributed by atoms with E-state index in [9.17, 15) is 0 Å². The van der Waals surface area contributed by atoms with E-state index in [1.807, 2.05) is 20.0 Å². The fourth-order valence-electron chi connectivity index (χ4n) is 0.741. The third-order valence-electron chi connectivity index (χ3n) is 1.33. The van der Waals surface area contributed by atoms with Gasteiger partial charge in [-0.15, -0.1) is 0 Å². The SMILES string of the molecule is CNc1ccnc(C)c1Cl. The minimum Gasteiger partial charge on any atom is -0.387 e. The van der Waals surface area contributed by atoms with Gasteiger partial charge in [0.1, 0.15) is 0 Å². The molecule has 0 amide bonds. The van der Waals surface area contributed by atoms with Crippen molar-refractivity contribution in [2.45, 2.75) is 6.92 Å². The third-order valence-corrected chi connectivity index (χ3v) is 1.81. The molecule has 0 fully saturated rings. The Hall–Kier alpha value is -0.760. The summed E-state index contributed by atoms with van der Waals surface area (Å²) >= 11 is 5.87. The molecule has 3 heteroatoms. The monoisotopic (exact) mass is 156 g/mol. The first-order valence-corrected chi connectivity index (χ1v) is 3.42. The lowest BCUT2D eigenvalue weighted by Gasteiger charge is -2.03. The van der Waals surface area contributed by atoms with E-state index in [4.69, 9.17) is 11.6 Å². The van der Waals surface area contributed by atoms with Crippen LogP contribution in [0, 0.1) is 6.92 Å². The normalized spacial score (nSPS) is 9.50. The fourth-order valence-corrected chi connectivity index (χ4v) is 0.948. The molecule has 1 heterocycles. The summed E-state index contributed by atoms with van der Waals surface area (Å²) in [5, 5.41) is 3.66. The highest BCUT2D eigenvalue weighted by atomic mass is 35.5. The molecule has 1 rings (SSSR count). The number of nitrogens with one attached hydrogen (secondary N) is 1. The van der Waals surface area contributed by atoms with Gasteiger partial charge in [0, 0.05) is 13.2 Å². The first-order chi connectivity index (χ1) is 4.75. The lowest BCUT2D eigenvalue weighted by molar-refractivity contribution is 1.20. The van der Waals surface area contributed by atoms with E-state index in [2.05, 4.69) is 10.3 Å². The molecule has 2 nitrogen and oxygen atoms in total. The number of rotatable bonds is 1. The molecule has 1 aromatic rings. The summed E-state index contributed by atoms with van der Waals surface area (Å²) < 4.78 is 0. The van der Waals surface area contributed by atoms with Crippen LogP contribution in [0.2, 0.25) is 5.02 Å². The lowest BCUT2D eigenvalue weighted by atomic mass is 10.3. The van der Waals surface area contributed by atoms with Crippen molar-refractivity contribution in [3.8, 4) is 0 Å². The van der Waals surface area contributed by atoms with Gasteiger partial charge in [0.2, 0.25) is 0 Å². The minimum absolute atomic E-state index is 0.699. The molecular weight excluding hydrogens is 148 g/mol. The largest absolute Gasteiger partial charge is 0.387 e. The van der Waals surface area contributed by atoms with Crippen molar-refractivity contribution in [1.29, 1.82) is 0 Å². The summed E-state index contributed by atoms with van der Waals surface area (Å²) in [5.41, 5.74) is 1.78. The van der Waals surface area contributed by atoms with Crippen molar-refractivity contribution < 1.29 is 0 Å². The summed E-state index contributed by atoms with van der Waals surface area (Å²) in [4.78, 5) is 4.02. The summed E-state index contributed by atoms with van der Waals surface area (Å²) in [5.74, 6) is 0. The van der Waals surface area contributed by atoms with Crippen LogP contribution in [0.4, 0.5) is 5.69 Å². The van der Waals surface area contributed by atoms with E-state index in [-0.39, 0.29) is 0 Å². The maximum atomic E-state index is 5.87. The Labute approximate surface area is 65.2 Å². The van der Waals surface area contributed by atoms with Crippen molar-refractivity contribution in [3.63, 3.8) is 0 Å². The Balaban J connectivity index is 3.14. The Kier molecular flexibility index (Phi) is 2.12. The van der Waals surface area contributed by atoms with Crippen LogP contribution < -0.4 is 5.32 Å². The van der Waals surface area contributed by atoms with Crippen molar-refractivity contribution >= 4 is 17.3 Å². The quantitative estimate of drug-likeness (QED) is 0.674. The highest BCUT2D eigenvalue weighted by molar-refractivity contribution is 6.33. The zero-order valence-corrected chi connectivity index (χ0v) is 6.74. The molecule has 1 aromatic heterocycles. The van der Waals surface area contributed by atoms with Crippen LogP contribution in [0.25, 0.3) is 0 Å². The van der Waals surface area contributed by atoms with E-state index in [0.29, 0.717) is 5.02 Å². The van der Waals surface area contributed by atoms with Crippen LogP contribution in [0.15, 0.2) is 12.3 Å². The van der Waals surface area contributed by atoms with Gasteiger partial charge in [0.25, 0.3) is 0 Å². The van der Waals surface area contributed by atoms with E-state index in [0.717, 1.165) is 11.4 Å². The molecule has 54 valence electrons. The second-order valence-corrected chi connectivity index (χ2v) is 2.39. The molecular formula is C7H9ClN2. The lowest BCUT2D eigenvalue weighted by Crippen LogP contribution is -1.91.